The van der Waals surface area contributed by atoms with Crippen LogP contribution in [0.2, 0.25) is 0 Å². The average Bonchev–Trinajstić information content (AvgIpc) is 2.28. The van der Waals surface area contributed by atoms with Crippen LogP contribution >= 0.6 is 11.6 Å². The van der Waals surface area contributed by atoms with Crippen LogP contribution in [0.5, 0.6) is 0 Å². The van der Waals surface area contributed by atoms with Gasteiger partial charge < -0.3 is 0 Å². The van der Waals surface area contributed by atoms with Crippen molar-refractivity contribution in [2.75, 3.05) is 16.4 Å². The highest BCUT2D eigenvalue weighted by atomic mass is 35.5. The minimum Gasteiger partial charge on any atom is -0.267 e. The van der Waals surface area contributed by atoms with Crippen LogP contribution in [0.3, 0.4) is 0 Å². The van der Waals surface area contributed by atoms with Crippen LogP contribution in [0.25, 0.3) is 0 Å². The molecule has 17 heavy (non-hydrogen) atoms. The molecule has 1 aromatic heterocycles. The number of alkyl halides is 1. The summed E-state index contributed by atoms with van der Waals surface area (Å²) in [6.45, 7) is 1.75. The van der Waals surface area contributed by atoms with E-state index in [2.05, 4.69) is 9.71 Å². The summed E-state index contributed by atoms with van der Waals surface area (Å²) in [5, 5.41) is 8.57. The van der Waals surface area contributed by atoms with E-state index in [-0.39, 0.29) is 23.4 Å². The third-order valence-electron chi connectivity index (χ3n) is 1.92. The van der Waals surface area contributed by atoms with Gasteiger partial charge in [0.15, 0.2) is 0 Å². The van der Waals surface area contributed by atoms with Crippen LogP contribution in [-0.4, -0.2) is 25.0 Å². The molecule has 0 saturated heterocycles. The summed E-state index contributed by atoms with van der Waals surface area (Å²) < 4.78 is 25.6. The number of nitriles is 1. The van der Waals surface area contributed by atoms with Crippen molar-refractivity contribution in [2.24, 2.45) is 5.92 Å². The van der Waals surface area contributed by atoms with E-state index < -0.39 is 10.0 Å². The van der Waals surface area contributed by atoms with Gasteiger partial charge in [0.1, 0.15) is 11.9 Å². The molecule has 5 nitrogen and oxygen atoms in total. The van der Waals surface area contributed by atoms with E-state index in [1.807, 2.05) is 6.07 Å². The Kier molecular flexibility index (Phi) is 4.73. The highest BCUT2D eigenvalue weighted by Crippen LogP contribution is 2.09. The summed E-state index contributed by atoms with van der Waals surface area (Å²) in [6, 6.07) is 4.84. The van der Waals surface area contributed by atoms with Crippen molar-refractivity contribution in [1.82, 2.24) is 4.98 Å². The van der Waals surface area contributed by atoms with Crippen molar-refractivity contribution in [3.05, 3.63) is 23.9 Å². The van der Waals surface area contributed by atoms with Crippen LogP contribution in [0, 0.1) is 17.2 Å². The first-order valence-electron chi connectivity index (χ1n) is 4.89. The number of anilines is 1. The number of pyridine rings is 1. The molecule has 0 spiro atoms. The van der Waals surface area contributed by atoms with Gasteiger partial charge in [0.2, 0.25) is 10.0 Å². The van der Waals surface area contributed by atoms with Crippen molar-refractivity contribution < 1.29 is 8.42 Å². The first kappa shape index (κ1) is 13.7. The number of aromatic nitrogens is 1. The summed E-state index contributed by atoms with van der Waals surface area (Å²) >= 11 is 5.56. The largest absolute Gasteiger partial charge is 0.267 e. The molecule has 1 atom stereocenters. The third kappa shape index (κ3) is 4.59. The van der Waals surface area contributed by atoms with Crippen molar-refractivity contribution >= 4 is 27.4 Å². The molecule has 0 saturated carbocycles. The van der Waals surface area contributed by atoms with E-state index in [1.165, 1.54) is 18.3 Å². The van der Waals surface area contributed by atoms with Gasteiger partial charge >= 0.3 is 0 Å². The van der Waals surface area contributed by atoms with Crippen molar-refractivity contribution in [1.29, 1.82) is 5.26 Å². The maximum atomic E-state index is 11.6. The molecule has 0 radical (unpaired) electrons. The molecule has 0 aliphatic heterocycles. The average molecular weight is 274 g/mol. The molecule has 92 valence electrons. The fourth-order valence-electron chi connectivity index (χ4n) is 1.14. The number of hydrogen-bond acceptors (Lipinski definition) is 4. The molecular weight excluding hydrogens is 262 g/mol. The normalized spacial score (nSPS) is 12.8. The van der Waals surface area contributed by atoms with E-state index >= 15 is 0 Å². The number of rotatable bonds is 5. The summed E-state index contributed by atoms with van der Waals surface area (Å²) in [4.78, 5) is 3.82. The fourth-order valence-corrected chi connectivity index (χ4v) is 2.77. The number of halogens is 1. The number of nitrogens with zero attached hydrogens (tertiary/aromatic N) is 2. The standard InChI is InChI=1S/C10H12ClN3O2S/c1-8(4-11)7-17(15,16)14-10-3-2-9(5-12)6-13-10/h2-3,6,8H,4,7H2,1H3,(H,13,14). The zero-order valence-corrected chi connectivity index (χ0v) is 10.8. The lowest BCUT2D eigenvalue weighted by atomic mass is 10.3. The lowest BCUT2D eigenvalue weighted by molar-refractivity contribution is 0.588. The van der Waals surface area contributed by atoms with Crippen LogP contribution in [0.1, 0.15) is 12.5 Å². The highest BCUT2D eigenvalue weighted by Gasteiger charge is 2.15. The molecule has 0 amide bonds. The van der Waals surface area contributed by atoms with E-state index in [4.69, 9.17) is 16.9 Å². The second-order valence-electron chi connectivity index (χ2n) is 3.69. The van der Waals surface area contributed by atoms with Gasteiger partial charge in [0.25, 0.3) is 0 Å². The van der Waals surface area contributed by atoms with Gasteiger partial charge in [0, 0.05) is 12.1 Å². The Morgan fingerprint density at radius 1 is 1.59 bits per heavy atom. The second kappa shape index (κ2) is 5.84. The Morgan fingerprint density at radius 2 is 2.29 bits per heavy atom. The molecule has 1 heterocycles. The summed E-state index contributed by atoms with van der Waals surface area (Å²) in [6.07, 6.45) is 1.31. The van der Waals surface area contributed by atoms with Crippen molar-refractivity contribution in [2.45, 2.75) is 6.92 Å². The summed E-state index contributed by atoms with van der Waals surface area (Å²) in [7, 11) is -3.45. The van der Waals surface area contributed by atoms with E-state index in [9.17, 15) is 8.42 Å². The highest BCUT2D eigenvalue weighted by molar-refractivity contribution is 7.92. The molecular formula is C10H12ClN3O2S. The SMILES string of the molecule is CC(CCl)CS(=O)(=O)Nc1ccc(C#N)cn1. The smallest absolute Gasteiger partial charge is 0.234 e. The van der Waals surface area contributed by atoms with Crippen molar-refractivity contribution in [3.63, 3.8) is 0 Å². The monoisotopic (exact) mass is 273 g/mol. The molecule has 0 bridgehead atoms. The van der Waals surface area contributed by atoms with Gasteiger partial charge in [-0.1, -0.05) is 6.92 Å². The van der Waals surface area contributed by atoms with Crippen LogP contribution in [0.15, 0.2) is 18.3 Å². The van der Waals surface area contributed by atoms with E-state index in [0.717, 1.165) is 0 Å². The van der Waals surface area contributed by atoms with Crippen molar-refractivity contribution in [3.8, 4) is 6.07 Å². The molecule has 0 aromatic carbocycles. The molecule has 1 aromatic rings. The van der Waals surface area contributed by atoms with Gasteiger partial charge in [0.05, 0.1) is 11.3 Å². The predicted molar refractivity (Wildman–Crippen MR) is 66.2 cm³/mol. The molecule has 1 unspecified atom stereocenters. The lowest BCUT2D eigenvalue weighted by Crippen LogP contribution is -2.22. The molecule has 0 fully saturated rings. The Hall–Kier alpha value is -1.32. The van der Waals surface area contributed by atoms with E-state index in [0.29, 0.717) is 5.56 Å². The van der Waals surface area contributed by atoms with Crippen LogP contribution < -0.4 is 4.72 Å². The van der Waals surface area contributed by atoms with E-state index in [1.54, 1.807) is 6.92 Å². The summed E-state index contributed by atoms with van der Waals surface area (Å²) in [5.74, 6) is 0.290. The molecule has 1 N–H and O–H groups in total. The third-order valence-corrected chi connectivity index (χ3v) is 3.97. The molecule has 1 rings (SSSR count). The van der Waals surface area contributed by atoms with Gasteiger partial charge in [-0.2, -0.15) is 5.26 Å². The minimum absolute atomic E-state index is 0.0574. The predicted octanol–water partition coefficient (Wildman–Crippen LogP) is 1.57. The number of sulfonamides is 1. The quantitative estimate of drug-likeness (QED) is 0.826. The molecule has 7 heteroatoms. The van der Waals surface area contributed by atoms with Gasteiger partial charge in [-0.15, -0.1) is 11.6 Å². The number of hydrogen-bond donors (Lipinski definition) is 1. The van der Waals surface area contributed by atoms with Crippen LogP contribution in [0.4, 0.5) is 5.82 Å². The molecule has 0 aliphatic rings. The summed E-state index contributed by atoms with van der Waals surface area (Å²) in [5.41, 5.74) is 0.377. The fraction of sp³-hybridized carbons (Fsp3) is 0.400. The zero-order chi connectivity index (χ0) is 12.9. The minimum atomic E-state index is -3.45. The van der Waals surface area contributed by atoms with Gasteiger partial charge in [-0.05, 0) is 18.1 Å². The first-order chi connectivity index (χ1) is 7.96. The maximum absolute atomic E-state index is 11.6. The zero-order valence-electron chi connectivity index (χ0n) is 9.22. The molecule has 0 aliphatic carbocycles. The Labute approximate surface area is 105 Å². The maximum Gasteiger partial charge on any atom is 0.234 e. The van der Waals surface area contributed by atoms with Gasteiger partial charge in [-0.25, -0.2) is 13.4 Å². The van der Waals surface area contributed by atoms with Crippen LogP contribution in [-0.2, 0) is 10.0 Å². The van der Waals surface area contributed by atoms with Gasteiger partial charge in [-0.3, -0.25) is 4.72 Å². The Balaban J connectivity index is 2.73. The Bertz CT molecular complexity index is 507. The number of nitrogens with one attached hydrogen (secondary N) is 1. The second-order valence-corrected chi connectivity index (χ2v) is 5.76. The topological polar surface area (TPSA) is 82.9 Å². The Morgan fingerprint density at radius 3 is 2.76 bits per heavy atom. The first-order valence-corrected chi connectivity index (χ1v) is 7.08. The lowest BCUT2D eigenvalue weighted by Gasteiger charge is -2.10.